The van der Waals surface area contributed by atoms with Crippen LogP contribution in [0.4, 0.5) is 0 Å². The third kappa shape index (κ3) is 7.06. The van der Waals surface area contributed by atoms with E-state index in [2.05, 4.69) is 32.6 Å². The molecule has 0 saturated carbocycles. The highest BCUT2D eigenvalue weighted by molar-refractivity contribution is 4.61. The fraction of sp³-hybridized carbons (Fsp3) is 1.00. The van der Waals surface area contributed by atoms with Gasteiger partial charge in [-0.25, -0.2) is 0 Å². The largest absolute Gasteiger partial charge is 0.303 e. The Labute approximate surface area is 84.5 Å². The summed E-state index contributed by atoms with van der Waals surface area (Å²) in [5.41, 5.74) is 0. The zero-order valence-electron chi connectivity index (χ0n) is 9.97. The van der Waals surface area contributed by atoms with Gasteiger partial charge in [0.2, 0.25) is 0 Å². The first-order valence-electron chi connectivity index (χ1n) is 5.96. The van der Waals surface area contributed by atoms with Gasteiger partial charge in [-0.3, -0.25) is 0 Å². The van der Waals surface area contributed by atoms with Crippen molar-refractivity contribution in [2.24, 2.45) is 5.92 Å². The second-order valence-electron chi connectivity index (χ2n) is 4.19. The molecule has 1 heteroatoms. The maximum absolute atomic E-state index is 2.61. The van der Waals surface area contributed by atoms with Crippen molar-refractivity contribution in [3.8, 4) is 0 Å². The van der Waals surface area contributed by atoms with Crippen LogP contribution in [0.25, 0.3) is 0 Å². The lowest BCUT2D eigenvalue weighted by Gasteiger charge is -2.24. The van der Waals surface area contributed by atoms with Gasteiger partial charge in [-0.1, -0.05) is 34.1 Å². The van der Waals surface area contributed by atoms with Gasteiger partial charge in [-0.05, 0) is 38.3 Å². The smallest absolute Gasteiger partial charge is 0.000701 e. The van der Waals surface area contributed by atoms with E-state index < -0.39 is 0 Å². The zero-order chi connectivity index (χ0) is 10.1. The molecule has 1 atom stereocenters. The molecule has 0 fully saturated rings. The second-order valence-corrected chi connectivity index (χ2v) is 4.19. The van der Waals surface area contributed by atoms with Gasteiger partial charge in [0.25, 0.3) is 0 Å². The number of nitrogens with zero attached hydrogens (tertiary/aromatic N) is 1. The lowest BCUT2D eigenvalue weighted by molar-refractivity contribution is 0.232. The first-order chi connectivity index (χ1) is 6.24. The summed E-state index contributed by atoms with van der Waals surface area (Å²) in [5.74, 6) is 0.878. The van der Waals surface area contributed by atoms with Gasteiger partial charge in [0, 0.05) is 6.54 Å². The molecular weight excluding hydrogens is 158 g/mol. The van der Waals surface area contributed by atoms with E-state index in [4.69, 9.17) is 0 Å². The topological polar surface area (TPSA) is 3.24 Å². The predicted octanol–water partition coefficient (Wildman–Crippen LogP) is 3.54. The molecular formula is C12H27N. The molecule has 80 valence electrons. The number of hydrogen-bond donors (Lipinski definition) is 0. The van der Waals surface area contributed by atoms with E-state index in [0.717, 1.165) is 5.92 Å². The molecule has 1 unspecified atom stereocenters. The monoisotopic (exact) mass is 185 g/mol. The van der Waals surface area contributed by atoms with E-state index in [0.29, 0.717) is 0 Å². The van der Waals surface area contributed by atoms with Crippen LogP contribution < -0.4 is 0 Å². The van der Waals surface area contributed by atoms with E-state index >= 15 is 0 Å². The van der Waals surface area contributed by atoms with Crippen molar-refractivity contribution in [2.75, 3.05) is 19.6 Å². The summed E-state index contributed by atoms with van der Waals surface area (Å²) in [6.45, 7) is 13.1. The molecule has 0 bridgehead atoms. The summed E-state index contributed by atoms with van der Waals surface area (Å²) in [4.78, 5) is 2.61. The highest BCUT2D eigenvalue weighted by Crippen LogP contribution is 2.08. The standard InChI is InChI=1S/C12H27N/c1-5-8-12(4)11-13(9-6-2)10-7-3/h12H,5-11H2,1-4H3. The quantitative estimate of drug-likeness (QED) is 0.559. The number of hydrogen-bond acceptors (Lipinski definition) is 1. The Morgan fingerprint density at radius 1 is 0.923 bits per heavy atom. The Bertz CT molecular complexity index is 95.3. The highest BCUT2D eigenvalue weighted by atomic mass is 15.1. The molecule has 0 heterocycles. The molecule has 0 aliphatic rings. The van der Waals surface area contributed by atoms with Crippen LogP contribution in [0.3, 0.4) is 0 Å². The Hall–Kier alpha value is -0.0400. The van der Waals surface area contributed by atoms with E-state index in [1.807, 2.05) is 0 Å². The van der Waals surface area contributed by atoms with E-state index in [1.165, 1.54) is 45.3 Å². The molecule has 0 aromatic carbocycles. The summed E-state index contributed by atoms with van der Waals surface area (Å²) >= 11 is 0. The maximum atomic E-state index is 2.61. The average Bonchev–Trinajstić information content (AvgIpc) is 2.05. The van der Waals surface area contributed by atoms with Crippen LogP contribution >= 0.6 is 0 Å². The van der Waals surface area contributed by atoms with Gasteiger partial charge in [0.15, 0.2) is 0 Å². The van der Waals surface area contributed by atoms with Crippen molar-refractivity contribution in [1.82, 2.24) is 4.90 Å². The molecule has 0 aliphatic heterocycles. The van der Waals surface area contributed by atoms with E-state index in [1.54, 1.807) is 0 Å². The summed E-state index contributed by atoms with van der Waals surface area (Å²) < 4.78 is 0. The second kappa shape index (κ2) is 8.55. The molecule has 13 heavy (non-hydrogen) atoms. The van der Waals surface area contributed by atoms with Crippen LogP contribution in [-0.4, -0.2) is 24.5 Å². The summed E-state index contributed by atoms with van der Waals surface area (Å²) in [5, 5.41) is 0. The SMILES string of the molecule is CCCC(C)CN(CCC)CCC. The van der Waals surface area contributed by atoms with Gasteiger partial charge in [0.05, 0.1) is 0 Å². The minimum absolute atomic E-state index is 0.878. The molecule has 0 aromatic rings. The summed E-state index contributed by atoms with van der Waals surface area (Å²) in [6, 6.07) is 0. The third-order valence-electron chi connectivity index (χ3n) is 2.43. The van der Waals surface area contributed by atoms with Crippen molar-refractivity contribution < 1.29 is 0 Å². The predicted molar refractivity (Wildman–Crippen MR) is 61.1 cm³/mol. The zero-order valence-corrected chi connectivity index (χ0v) is 9.97. The first-order valence-corrected chi connectivity index (χ1v) is 5.96. The van der Waals surface area contributed by atoms with E-state index in [-0.39, 0.29) is 0 Å². The summed E-state index contributed by atoms with van der Waals surface area (Å²) in [6.07, 6.45) is 5.29. The minimum atomic E-state index is 0.878. The van der Waals surface area contributed by atoms with Gasteiger partial charge < -0.3 is 4.90 Å². The third-order valence-corrected chi connectivity index (χ3v) is 2.43. The Balaban J connectivity index is 3.64. The van der Waals surface area contributed by atoms with Crippen LogP contribution in [0.5, 0.6) is 0 Å². The molecule has 0 spiro atoms. The van der Waals surface area contributed by atoms with E-state index in [9.17, 15) is 0 Å². The minimum Gasteiger partial charge on any atom is -0.303 e. The van der Waals surface area contributed by atoms with Crippen molar-refractivity contribution in [3.63, 3.8) is 0 Å². The molecule has 0 radical (unpaired) electrons. The molecule has 0 amide bonds. The molecule has 0 N–H and O–H groups in total. The Morgan fingerprint density at radius 3 is 1.85 bits per heavy atom. The Kier molecular flexibility index (Phi) is 8.53. The summed E-state index contributed by atoms with van der Waals surface area (Å²) in [7, 11) is 0. The van der Waals surface area contributed by atoms with Gasteiger partial charge in [-0.2, -0.15) is 0 Å². The van der Waals surface area contributed by atoms with Crippen LogP contribution in [0.15, 0.2) is 0 Å². The fourth-order valence-electron chi connectivity index (χ4n) is 1.95. The normalized spacial score (nSPS) is 13.6. The molecule has 0 rings (SSSR count). The van der Waals surface area contributed by atoms with Crippen LogP contribution in [0.2, 0.25) is 0 Å². The van der Waals surface area contributed by atoms with Gasteiger partial charge >= 0.3 is 0 Å². The molecule has 1 nitrogen and oxygen atoms in total. The molecule has 0 aliphatic carbocycles. The average molecular weight is 185 g/mol. The van der Waals surface area contributed by atoms with Crippen LogP contribution in [0.1, 0.15) is 53.4 Å². The van der Waals surface area contributed by atoms with Crippen molar-refractivity contribution in [3.05, 3.63) is 0 Å². The lowest BCUT2D eigenvalue weighted by Crippen LogP contribution is -2.30. The van der Waals surface area contributed by atoms with Crippen LogP contribution in [-0.2, 0) is 0 Å². The van der Waals surface area contributed by atoms with Crippen molar-refractivity contribution in [2.45, 2.75) is 53.4 Å². The molecule has 0 saturated heterocycles. The van der Waals surface area contributed by atoms with Gasteiger partial charge in [0.1, 0.15) is 0 Å². The molecule has 0 aromatic heterocycles. The van der Waals surface area contributed by atoms with Crippen molar-refractivity contribution >= 4 is 0 Å². The van der Waals surface area contributed by atoms with Crippen LogP contribution in [0, 0.1) is 5.92 Å². The number of rotatable bonds is 8. The highest BCUT2D eigenvalue weighted by Gasteiger charge is 2.07. The maximum Gasteiger partial charge on any atom is 0.000701 e. The lowest BCUT2D eigenvalue weighted by atomic mass is 10.1. The van der Waals surface area contributed by atoms with Gasteiger partial charge in [-0.15, -0.1) is 0 Å². The Morgan fingerprint density at radius 2 is 1.46 bits per heavy atom. The first kappa shape index (κ1) is 13.0. The van der Waals surface area contributed by atoms with Crippen molar-refractivity contribution in [1.29, 1.82) is 0 Å². The fourth-order valence-corrected chi connectivity index (χ4v) is 1.95.